The fourth-order valence-corrected chi connectivity index (χ4v) is 5.78. The van der Waals surface area contributed by atoms with Gasteiger partial charge in [-0.15, -0.1) is 0 Å². The molecule has 1 amide bonds. The SMILES string of the molecule is CCC(F)(F)c1cccc(NC(=O)c2c(C)nc(-c3ccc(OC)c(-c4c(C)cc(CCc5ccccc5)cc4C)c3)n2O)c1. The van der Waals surface area contributed by atoms with E-state index in [1.807, 2.05) is 18.2 Å². The molecule has 5 aromatic rings. The van der Waals surface area contributed by atoms with Gasteiger partial charge in [-0.05, 0) is 91.8 Å². The van der Waals surface area contributed by atoms with Gasteiger partial charge < -0.3 is 15.3 Å². The average molecular weight is 610 g/mol. The van der Waals surface area contributed by atoms with Crippen LogP contribution in [0.1, 0.15) is 57.3 Å². The Morgan fingerprint density at radius 1 is 0.911 bits per heavy atom. The number of anilines is 1. The summed E-state index contributed by atoms with van der Waals surface area (Å²) < 4.78 is 35.0. The van der Waals surface area contributed by atoms with Crippen molar-refractivity contribution in [2.75, 3.05) is 12.4 Å². The Kier molecular flexibility index (Phi) is 9.04. The fourth-order valence-electron chi connectivity index (χ4n) is 5.78. The first kappa shape index (κ1) is 31.4. The van der Waals surface area contributed by atoms with Gasteiger partial charge in [-0.25, -0.2) is 13.8 Å². The van der Waals surface area contributed by atoms with Crippen molar-refractivity contribution in [2.24, 2.45) is 0 Å². The molecule has 2 N–H and O–H groups in total. The van der Waals surface area contributed by atoms with Crippen LogP contribution in [0.25, 0.3) is 22.5 Å². The molecule has 4 aromatic carbocycles. The number of aryl methyl sites for hydroxylation is 5. The minimum Gasteiger partial charge on any atom is -0.496 e. The predicted octanol–water partition coefficient (Wildman–Crippen LogP) is 8.93. The zero-order valence-electron chi connectivity index (χ0n) is 26.1. The third-order valence-electron chi connectivity index (χ3n) is 8.10. The number of aromatic nitrogens is 2. The van der Waals surface area contributed by atoms with E-state index in [1.54, 1.807) is 20.1 Å². The molecule has 0 aliphatic rings. The molecule has 45 heavy (non-hydrogen) atoms. The second kappa shape index (κ2) is 12.9. The molecule has 0 bridgehead atoms. The number of nitrogens with one attached hydrogen (secondary N) is 1. The first-order chi connectivity index (χ1) is 21.5. The number of ether oxygens (including phenoxy) is 1. The molecule has 0 spiro atoms. The van der Waals surface area contributed by atoms with Crippen LogP contribution < -0.4 is 10.1 Å². The van der Waals surface area contributed by atoms with Crippen molar-refractivity contribution in [3.05, 3.63) is 124 Å². The second-order valence-electron chi connectivity index (χ2n) is 11.3. The summed E-state index contributed by atoms with van der Waals surface area (Å²) in [4.78, 5) is 17.8. The first-order valence-electron chi connectivity index (χ1n) is 14.9. The molecule has 0 unspecified atom stereocenters. The summed E-state index contributed by atoms with van der Waals surface area (Å²) in [7, 11) is 1.61. The number of nitrogens with zero attached hydrogens (tertiary/aromatic N) is 2. The number of benzene rings is 4. The van der Waals surface area contributed by atoms with Crippen molar-refractivity contribution in [1.82, 2.24) is 9.71 Å². The molecule has 0 aliphatic carbocycles. The monoisotopic (exact) mass is 609 g/mol. The Bertz CT molecular complexity index is 1820. The number of hydrogen-bond donors (Lipinski definition) is 2. The van der Waals surface area contributed by atoms with Crippen LogP contribution in [0.15, 0.2) is 84.9 Å². The molecule has 1 aromatic heterocycles. The largest absolute Gasteiger partial charge is 0.496 e. The van der Waals surface area contributed by atoms with Crippen LogP contribution in [0.3, 0.4) is 0 Å². The van der Waals surface area contributed by atoms with Crippen LogP contribution >= 0.6 is 0 Å². The standard InChI is InChI=1S/C37H37F2N3O3/c1-6-37(38,39)29-13-10-14-30(22-29)41-36(43)34-25(4)40-35(42(34)44)28-17-18-32(45-5)31(21-28)33-23(2)19-27(20-24(33)3)16-15-26-11-8-7-9-12-26/h7-14,17-22,44H,6,15-16H2,1-5H3,(H,41,43). The summed E-state index contributed by atoms with van der Waals surface area (Å²) in [5, 5.41) is 13.8. The van der Waals surface area contributed by atoms with Gasteiger partial charge in [-0.3, -0.25) is 4.79 Å². The van der Waals surface area contributed by atoms with Gasteiger partial charge in [-0.1, -0.05) is 61.5 Å². The topological polar surface area (TPSA) is 76.4 Å². The smallest absolute Gasteiger partial charge is 0.277 e. The van der Waals surface area contributed by atoms with E-state index in [1.165, 1.54) is 42.3 Å². The number of methoxy groups -OCH3 is 1. The highest BCUT2D eigenvalue weighted by molar-refractivity contribution is 6.04. The van der Waals surface area contributed by atoms with Gasteiger partial charge in [-0.2, -0.15) is 4.73 Å². The fraction of sp³-hybridized carbons (Fsp3) is 0.243. The van der Waals surface area contributed by atoms with E-state index < -0.39 is 11.8 Å². The minimum absolute atomic E-state index is 0.0925. The van der Waals surface area contributed by atoms with E-state index in [9.17, 15) is 18.8 Å². The maximum Gasteiger partial charge on any atom is 0.277 e. The molecule has 0 fully saturated rings. The zero-order valence-corrected chi connectivity index (χ0v) is 26.1. The van der Waals surface area contributed by atoms with E-state index in [2.05, 4.69) is 60.5 Å². The third kappa shape index (κ3) is 6.60. The Morgan fingerprint density at radius 3 is 2.27 bits per heavy atom. The van der Waals surface area contributed by atoms with Crippen LogP contribution in [0.5, 0.6) is 5.75 Å². The quantitative estimate of drug-likeness (QED) is 0.155. The molecule has 8 heteroatoms. The van der Waals surface area contributed by atoms with Crippen LogP contribution in [0.2, 0.25) is 0 Å². The maximum absolute atomic E-state index is 14.2. The van der Waals surface area contributed by atoms with Crippen molar-refractivity contribution in [1.29, 1.82) is 0 Å². The van der Waals surface area contributed by atoms with E-state index in [0.717, 1.165) is 39.8 Å². The predicted molar refractivity (Wildman–Crippen MR) is 173 cm³/mol. The number of rotatable bonds is 10. The Morgan fingerprint density at radius 2 is 1.60 bits per heavy atom. The Hall–Kier alpha value is -4.98. The molecule has 0 saturated carbocycles. The second-order valence-corrected chi connectivity index (χ2v) is 11.3. The molecule has 0 aliphatic heterocycles. The average Bonchev–Trinajstić information content (AvgIpc) is 3.33. The van der Waals surface area contributed by atoms with E-state index in [0.29, 0.717) is 11.3 Å². The van der Waals surface area contributed by atoms with Gasteiger partial charge in [0.2, 0.25) is 0 Å². The highest BCUT2D eigenvalue weighted by Gasteiger charge is 2.29. The summed E-state index contributed by atoms with van der Waals surface area (Å²) in [5.74, 6) is -2.86. The van der Waals surface area contributed by atoms with Crippen molar-refractivity contribution in [2.45, 2.75) is 52.9 Å². The molecule has 6 nitrogen and oxygen atoms in total. The van der Waals surface area contributed by atoms with Crippen molar-refractivity contribution < 1.29 is 23.5 Å². The van der Waals surface area contributed by atoms with Gasteiger partial charge in [0.1, 0.15) is 5.75 Å². The number of amides is 1. The number of hydrogen-bond acceptors (Lipinski definition) is 4. The third-order valence-corrected chi connectivity index (χ3v) is 8.10. The summed E-state index contributed by atoms with van der Waals surface area (Å²) in [6, 6.07) is 25.8. The number of carbonyl (C=O) groups excluding carboxylic acids is 1. The highest BCUT2D eigenvalue weighted by Crippen LogP contribution is 2.39. The summed E-state index contributed by atoms with van der Waals surface area (Å²) >= 11 is 0. The van der Waals surface area contributed by atoms with Crippen molar-refractivity contribution >= 4 is 11.6 Å². The lowest BCUT2D eigenvalue weighted by Gasteiger charge is -2.17. The molecule has 5 rings (SSSR count). The van der Waals surface area contributed by atoms with Gasteiger partial charge >= 0.3 is 0 Å². The van der Waals surface area contributed by atoms with Gasteiger partial charge in [0, 0.05) is 28.8 Å². The van der Waals surface area contributed by atoms with E-state index in [-0.39, 0.29) is 34.9 Å². The molecule has 0 radical (unpaired) electrons. The Labute approximate surface area is 262 Å². The summed E-state index contributed by atoms with van der Waals surface area (Å²) in [5.41, 5.74) is 7.34. The van der Waals surface area contributed by atoms with Crippen LogP contribution in [-0.2, 0) is 18.8 Å². The molecule has 0 saturated heterocycles. The normalized spacial score (nSPS) is 11.4. The summed E-state index contributed by atoms with van der Waals surface area (Å²) in [6.45, 7) is 7.16. The van der Waals surface area contributed by atoms with Gasteiger partial charge in [0.15, 0.2) is 11.5 Å². The van der Waals surface area contributed by atoms with Crippen molar-refractivity contribution in [3.8, 4) is 28.3 Å². The molecule has 232 valence electrons. The zero-order chi connectivity index (χ0) is 32.3. The lowest BCUT2D eigenvalue weighted by Crippen LogP contribution is -2.18. The molecule has 1 heterocycles. The van der Waals surface area contributed by atoms with Crippen LogP contribution in [-0.4, -0.2) is 27.9 Å². The number of alkyl halides is 2. The van der Waals surface area contributed by atoms with E-state index >= 15 is 0 Å². The lowest BCUT2D eigenvalue weighted by atomic mass is 9.90. The number of imidazole rings is 1. The molecule has 0 atom stereocenters. The Balaban J connectivity index is 1.45. The van der Waals surface area contributed by atoms with Crippen molar-refractivity contribution in [3.63, 3.8) is 0 Å². The highest BCUT2D eigenvalue weighted by atomic mass is 19.3. The first-order valence-corrected chi connectivity index (χ1v) is 14.9. The van der Waals surface area contributed by atoms with Crippen LogP contribution in [0, 0.1) is 20.8 Å². The number of carbonyl (C=O) groups is 1. The lowest BCUT2D eigenvalue weighted by molar-refractivity contribution is -0.00825. The van der Waals surface area contributed by atoms with Gasteiger partial charge in [0.05, 0.1) is 12.8 Å². The van der Waals surface area contributed by atoms with E-state index in [4.69, 9.17) is 4.74 Å². The molecular formula is C37H37F2N3O3. The van der Waals surface area contributed by atoms with Gasteiger partial charge in [0.25, 0.3) is 11.8 Å². The maximum atomic E-state index is 14.2. The minimum atomic E-state index is -3.02. The summed E-state index contributed by atoms with van der Waals surface area (Å²) in [6.07, 6.45) is 1.50. The number of halogens is 2. The van der Waals surface area contributed by atoms with Crippen LogP contribution in [0.4, 0.5) is 14.5 Å². The molecular weight excluding hydrogens is 572 g/mol.